The summed E-state index contributed by atoms with van der Waals surface area (Å²) in [6.07, 6.45) is 0. The standard InChI is InChI=1S/C21H22N2OS/c1-15-8-9-18(16(2)12-15)13-23(3)21(24)14-25-20-11-10-17-6-4-5-7-19(17)22-20/h4-12H,13-14H2,1-3H3. The summed E-state index contributed by atoms with van der Waals surface area (Å²) in [5.74, 6) is 0.507. The van der Waals surface area contributed by atoms with Gasteiger partial charge < -0.3 is 4.90 Å². The highest BCUT2D eigenvalue weighted by atomic mass is 32.2. The number of amides is 1. The minimum Gasteiger partial charge on any atom is -0.341 e. The van der Waals surface area contributed by atoms with Gasteiger partial charge in [0, 0.05) is 19.0 Å². The zero-order valence-electron chi connectivity index (χ0n) is 14.8. The molecule has 3 rings (SSSR count). The van der Waals surface area contributed by atoms with Gasteiger partial charge in [-0.15, -0.1) is 0 Å². The van der Waals surface area contributed by atoms with Crippen molar-refractivity contribution in [1.29, 1.82) is 0 Å². The van der Waals surface area contributed by atoms with Crippen LogP contribution >= 0.6 is 11.8 Å². The number of nitrogens with zero attached hydrogens (tertiary/aromatic N) is 2. The van der Waals surface area contributed by atoms with Crippen molar-refractivity contribution in [2.75, 3.05) is 12.8 Å². The Bertz CT molecular complexity index is 907. The van der Waals surface area contributed by atoms with E-state index in [4.69, 9.17) is 0 Å². The summed E-state index contributed by atoms with van der Waals surface area (Å²) >= 11 is 1.49. The van der Waals surface area contributed by atoms with Crippen LogP contribution in [0.4, 0.5) is 0 Å². The monoisotopic (exact) mass is 350 g/mol. The van der Waals surface area contributed by atoms with E-state index in [2.05, 4.69) is 43.1 Å². The van der Waals surface area contributed by atoms with Crippen molar-refractivity contribution in [3.63, 3.8) is 0 Å². The Hall–Kier alpha value is -2.33. The topological polar surface area (TPSA) is 33.2 Å². The molecule has 0 aliphatic rings. The average molecular weight is 350 g/mol. The number of carbonyl (C=O) groups excluding carboxylic acids is 1. The Kier molecular flexibility index (Phi) is 5.39. The van der Waals surface area contributed by atoms with Crippen LogP contribution in [0.2, 0.25) is 0 Å². The molecule has 0 bridgehead atoms. The third-order valence-corrected chi connectivity index (χ3v) is 5.16. The first kappa shape index (κ1) is 17.5. The summed E-state index contributed by atoms with van der Waals surface area (Å²) in [5, 5.41) is 2.00. The van der Waals surface area contributed by atoms with E-state index in [0.717, 1.165) is 15.9 Å². The Labute approximate surface area is 153 Å². The van der Waals surface area contributed by atoms with Crippen LogP contribution in [-0.2, 0) is 11.3 Å². The van der Waals surface area contributed by atoms with E-state index in [-0.39, 0.29) is 5.91 Å². The van der Waals surface area contributed by atoms with Crippen LogP contribution in [0.3, 0.4) is 0 Å². The maximum Gasteiger partial charge on any atom is 0.233 e. The number of para-hydroxylation sites is 1. The number of pyridine rings is 1. The van der Waals surface area contributed by atoms with E-state index in [0.29, 0.717) is 12.3 Å². The highest BCUT2D eigenvalue weighted by molar-refractivity contribution is 7.99. The van der Waals surface area contributed by atoms with Crippen molar-refractivity contribution in [2.24, 2.45) is 0 Å². The maximum atomic E-state index is 12.4. The van der Waals surface area contributed by atoms with E-state index >= 15 is 0 Å². The molecule has 0 aliphatic heterocycles. The van der Waals surface area contributed by atoms with Crippen LogP contribution in [0, 0.1) is 13.8 Å². The van der Waals surface area contributed by atoms with Crippen LogP contribution in [0.25, 0.3) is 10.9 Å². The SMILES string of the molecule is Cc1ccc(CN(C)C(=O)CSc2ccc3ccccc3n2)c(C)c1. The first-order valence-corrected chi connectivity index (χ1v) is 9.30. The number of rotatable bonds is 5. The van der Waals surface area contributed by atoms with Gasteiger partial charge in [-0.3, -0.25) is 4.79 Å². The van der Waals surface area contributed by atoms with Crippen molar-refractivity contribution in [2.45, 2.75) is 25.4 Å². The lowest BCUT2D eigenvalue weighted by Crippen LogP contribution is -2.28. The molecule has 1 aromatic heterocycles. The van der Waals surface area contributed by atoms with E-state index in [1.807, 2.05) is 37.4 Å². The summed E-state index contributed by atoms with van der Waals surface area (Å²) in [6, 6.07) is 18.4. The number of carbonyl (C=O) groups is 1. The van der Waals surface area contributed by atoms with Crippen LogP contribution in [0.5, 0.6) is 0 Å². The number of fused-ring (bicyclic) bond motifs is 1. The lowest BCUT2D eigenvalue weighted by molar-refractivity contribution is -0.127. The van der Waals surface area contributed by atoms with E-state index < -0.39 is 0 Å². The summed E-state index contributed by atoms with van der Waals surface area (Å²) < 4.78 is 0. The van der Waals surface area contributed by atoms with Crippen molar-refractivity contribution >= 4 is 28.6 Å². The first-order valence-electron chi connectivity index (χ1n) is 8.31. The summed E-state index contributed by atoms with van der Waals surface area (Å²) in [4.78, 5) is 18.8. The fourth-order valence-corrected chi connectivity index (χ4v) is 3.56. The Balaban J connectivity index is 1.60. The predicted octanol–water partition coefficient (Wildman–Crippen LogP) is 4.60. The number of hydrogen-bond acceptors (Lipinski definition) is 3. The molecule has 25 heavy (non-hydrogen) atoms. The lowest BCUT2D eigenvalue weighted by Gasteiger charge is -2.18. The van der Waals surface area contributed by atoms with Gasteiger partial charge in [0.2, 0.25) is 5.91 Å². The second kappa shape index (κ2) is 7.70. The number of hydrogen-bond donors (Lipinski definition) is 0. The van der Waals surface area contributed by atoms with Crippen LogP contribution in [0.15, 0.2) is 59.6 Å². The Morgan fingerprint density at radius 2 is 1.88 bits per heavy atom. The van der Waals surface area contributed by atoms with Crippen molar-refractivity contribution in [3.05, 3.63) is 71.3 Å². The molecule has 0 aliphatic carbocycles. The van der Waals surface area contributed by atoms with Gasteiger partial charge in [-0.1, -0.05) is 59.8 Å². The molecule has 0 saturated heterocycles. The van der Waals surface area contributed by atoms with Gasteiger partial charge in [-0.25, -0.2) is 4.98 Å². The predicted molar refractivity (Wildman–Crippen MR) is 105 cm³/mol. The van der Waals surface area contributed by atoms with Crippen molar-refractivity contribution < 1.29 is 4.79 Å². The normalized spacial score (nSPS) is 10.8. The fourth-order valence-electron chi connectivity index (χ4n) is 2.74. The Morgan fingerprint density at radius 3 is 2.68 bits per heavy atom. The molecule has 3 nitrogen and oxygen atoms in total. The van der Waals surface area contributed by atoms with Gasteiger partial charge in [0.05, 0.1) is 16.3 Å². The summed E-state index contributed by atoms with van der Waals surface area (Å²) in [7, 11) is 1.86. The zero-order chi connectivity index (χ0) is 17.8. The van der Waals surface area contributed by atoms with E-state index in [1.54, 1.807) is 4.90 Å². The molecule has 4 heteroatoms. The number of thioether (sulfide) groups is 1. The third kappa shape index (κ3) is 4.40. The molecular weight excluding hydrogens is 328 g/mol. The molecule has 3 aromatic rings. The van der Waals surface area contributed by atoms with Gasteiger partial charge >= 0.3 is 0 Å². The fraction of sp³-hybridized carbons (Fsp3) is 0.238. The third-order valence-electron chi connectivity index (χ3n) is 4.25. The van der Waals surface area contributed by atoms with E-state index in [1.165, 1.54) is 28.5 Å². The maximum absolute atomic E-state index is 12.4. The van der Waals surface area contributed by atoms with Crippen LogP contribution in [0.1, 0.15) is 16.7 Å². The van der Waals surface area contributed by atoms with Crippen LogP contribution in [-0.4, -0.2) is 28.6 Å². The molecule has 1 heterocycles. The van der Waals surface area contributed by atoms with Gasteiger partial charge in [-0.2, -0.15) is 0 Å². The molecule has 1 amide bonds. The number of benzene rings is 2. The second-order valence-corrected chi connectivity index (χ2v) is 7.31. The van der Waals surface area contributed by atoms with Crippen molar-refractivity contribution in [1.82, 2.24) is 9.88 Å². The Morgan fingerprint density at radius 1 is 1.08 bits per heavy atom. The summed E-state index contributed by atoms with van der Waals surface area (Å²) in [5.41, 5.74) is 4.62. The van der Waals surface area contributed by atoms with Gasteiger partial charge in [0.1, 0.15) is 0 Å². The van der Waals surface area contributed by atoms with E-state index in [9.17, 15) is 4.79 Å². The van der Waals surface area contributed by atoms with Crippen LogP contribution < -0.4 is 0 Å². The summed E-state index contributed by atoms with van der Waals surface area (Å²) in [6.45, 7) is 4.81. The molecule has 0 atom stereocenters. The molecule has 0 radical (unpaired) electrons. The second-order valence-electron chi connectivity index (χ2n) is 6.31. The quantitative estimate of drug-likeness (QED) is 0.630. The smallest absolute Gasteiger partial charge is 0.233 e. The molecule has 0 N–H and O–H groups in total. The van der Waals surface area contributed by atoms with Crippen molar-refractivity contribution in [3.8, 4) is 0 Å². The minimum atomic E-state index is 0.111. The molecule has 0 unspecified atom stereocenters. The largest absolute Gasteiger partial charge is 0.341 e. The van der Waals surface area contributed by atoms with Gasteiger partial charge in [-0.05, 0) is 37.1 Å². The highest BCUT2D eigenvalue weighted by Gasteiger charge is 2.12. The number of aryl methyl sites for hydroxylation is 2. The molecule has 128 valence electrons. The molecular formula is C21H22N2OS. The number of aromatic nitrogens is 1. The van der Waals surface area contributed by atoms with Gasteiger partial charge in [0.25, 0.3) is 0 Å². The highest BCUT2D eigenvalue weighted by Crippen LogP contribution is 2.20. The molecule has 0 fully saturated rings. The molecule has 0 saturated carbocycles. The molecule has 0 spiro atoms. The average Bonchev–Trinajstić information content (AvgIpc) is 2.61. The first-order chi connectivity index (χ1) is 12.0. The molecule has 2 aromatic carbocycles. The zero-order valence-corrected chi connectivity index (χ0v) is 15.6. The van der Waals surface area contributed by atoms with Gasteiger partial charge in [0.15, 0.2) is 0 Å². The minimum absolute atomic E-state index is 0.111. The lowest BCUT2D eigenvalue weighted by atomic mass is 10.1.